The highest BCUT2D eigenvalue weighted by molar-refractivity contribution is 5.77. The minimum absolute atomic E-state index is 0.00876. The number of fused-ring (bicyclic) bond motifs is 1. The number of hydrogen-bond donors (Lipinski definition) is 1. The Bertz CT molecular complexity index is 984. The Kier molecular flexibility index (Phi) is 5.72. The molecule has 0 spiro atoms. The summed E-state index contributed by atoms with van der Waals surface area (Å²) in [5, 5.41) is 7.57. The number of alkyl halides is 3. The number of halogens is 3. The van der Waals surface area contributed by atoms with Gasteiger partial charge in [0.1, 0.15) is 6.54 Å². The average molecular weight is 435 g/mol. The topological polar surface area (TPSA) is 53.4 Å². The standard InChI is InChI=1S/C22H28F3N5O/c1-14-10-15(2)30(27-14)13-21(31)29-9-8-28(12-16(29)3)20-5-4-19(22(23,24)25)17-6-7-26-11-18(17)20/h4-5,10,16,26H,6-9,11-13H2,1-3H3. The third-order valence-corrected chi connectivity index (χ3v) is 6.24. The molecule has 9 heteroatoms. The van der Waals surface area contributed by atoms with Gasteiger partial charge in [-0.3, -0.25) is 9.48 Å². The smallest absolute Gasteiger partial charge is 0.367 e. The molecule has 1 atom stereocenters. The van der Waals surface area contributed by atoms with Crippen molar-refractivity contribution in [2.75, 3.05) is 31.1 Å². The van der Waals surface area contributed by atoms with Crippen molar-refractivity contribution in [3.05, 3.63) is 46.3 Å². The molecule has 4 rings (SSSR count). The molecule has 0 aliphatic carbocycles. The molecule has 2 aliphatic rings. The third-order valence-electron chi connectivity index (χ3n) is 6.24. The van der Waals surface area contributed by atoms with Crippen molar-refractivity contribution >= 4 is 11.6 Å². The van der Waals surface area contributed by atoms with E-state index in [4.69, 9.17) is 0 Å². The molecule has 1 saturated heterocycles. The van der Waals surface area contributed by atoms with Gasteiger partial charge in [-0.15, -0.1) is 0 Å². The number of carbonyl (C=O) groups is 1. The third kappa shape index (κ3) is 4.28. The summed E-state index contributed by atoms with van der Waals surface area (Å²) in [5.74, 6) is 0.00876. The quantitative estimate of drug-likeness (QED) is 0.806. The Hall–Kier alpha value is -2.55. The minimum atomic E-state index is -4.35. The number of aromatic nitrogens is 2. The summed E-state index contributed by atoms with van der Waals surface area (Å²) in [6.07, 6.45) is -3.98. The van der Waals surface area contributed by atoms with Crippen LogP contribution in [0.25, 0.3) is 0 Å². The van der Waals surface area contributed by atoms with Crippen LogP contribution in [0.2, 0.25) is 0 Å². The van der Waals surface area contributed by atoms with Gasteiger partial charge in [0.05, 0.1) is 11.3 Å². The molecule has 1 aromatic heterocycles. The van der Waals surface area contributed by atoms with Crippen LogP contribution in [0.15, 0.2) is 18.2 Å². The van der Waals surface area contributed by atoms with Crippen LogP contribution >= 0.6 is 0 Å². The lowest BCUT2D eigenvalue weighted by Crippen LogP contribution is -2.55. The Labute approximate surface area is 180 Å². The van der Waals surface area contributed by atoms with Crippen LogP contribution < -0.4 is 10.2 Å². The monoisotopic (exact) mass is 435 g/mol. The fraction of sp³-hybridized carbons (Fsp3) is 0.545. The largest absolute Gasteiger partial charge is 0.416 e. The van der Waals surface area contributed by atoms with E-state index >= 15 is 0 Å². The minimum Gasteiger partial charge on any atom is -0.367 e. The van der Waals surface area contributed by atoms with Crippen LogP contribution in [0, 0.1) is 13.8 Å². The fourth-order valence-corrected chi connectivity index (χ4v) is 4.75. The van der Waals surface area contributed by atoms with Crippen LogP contribution in [-0.2, 0) is 30.5 Å². The van der Waals surface area contributed by atoms with Crippen molar-refractivity contribution in [1.82, 2.24) is 20.0 Å². The highest BCUT2D eigenvalue weighted by Crippen LogP contribution is 2.38. The van der Waals surface area contributed by atoms with Gasteiger partial charge in [-0.1, -0.05) is 0 Å². The van der Waals surface area contributed by atoms with E-state index in [1.54, 1.807) is 10.7 Å². The van der Waals surface area contributed by atoms with Gasteiger partial charge in [0.15, 0.2) is 0 Å². The summed E-state index contributed by atoms with van der Waals surface area (Å²) in [5.41, 5.74) is 3.27. The van der Waals surface area contributed by atoms with Crippen LogP contribution in [0.1, 0.15) is 35.0 Å². The number of carbonyl (C=O) groups excluding carboxylic acids is 1. The first kappa shape index (κ1) is 21.7. The van der Waals surface area contributed by atoms with Crippen molar-refractivity contribution in [3.63, 3.8) is 0 Å². The zero-order valence-corrected chi connectivity index (χ0v) is 18.1. The summed E-state index contributed by atoms with van der Waals surface area (Å²) in [7, 11) is 0. The second-order valence-electron chi connectivity index (χ2n) is 8.48. The number of nitrogens with one attached hydrogen (secondary N) is 1. The molecular formula is C22H28F3N5O. The van der Waals surface area contributed by atoms with Crippen LogP contribution in [0.3, 0.4) is 0 Å². The number of amides is 1. The van der Waals surface area contributed by atoms with Gasteiger partial charge in [0, 0.05) is 43.6 Å². The van der Waals surface area contributed by atoms with E-state index in [9.17, 15) is 18.0 Å². The summed E-state index contributed by atoms with van der Waals surface area (Å²) >= 11 is 0. The van der Waals surface area contributed by atoms with Gasteiger partial charge in [0.2, 0.25) is 5.91 Å². The first-order valence-electron chi connectivity index (χ1n) is 10.6. The molecule has 2 aromatic rings. The number of nitrogens with zero attached hydrogens (tertiary/aromatic N) is 4. The Morgan fingerprint density at radius 2 is 2.00 bits per heavy atom. The van der Waals surface area contributed by atoms with Gasteiger partial charge in [-0.05, 0) is 63.1 Å². The van der Waals surface area contributed by atoms with Crippen molar-refractivity contribution in [2.45, 2.75) is 52.5 Å². The van der Waals surface area contributed by atoms with Crippen LogP contribution in [0.5, 0.6) is 0 Å². The molecule has 6 nitrogen and oxygen atoms in total. The molecule has 168 valence electrons. The van der Waals surface area contributed by atoms with E-state index in [0.29, 0.717) is 44.7 Å². The lowest BCUT2D eigenvalue weighted by molar-refractivity contribution is -0.138. The van der Waals surface area contributed by atoms with Crippen molar-refractivity contribution in [1.29, 1.82) is 0 Å². The number of aryl methyl sites for hydroxylation is 2. The molecule has 0 saturated carbocycles. The van der Waals surface area contributed by atoms with E-state index in [1.807, 2.05) is 31.7 Å². The number of benzene rings is 1. The van der Waals surface area contributed by atoms with Crippen molar-refractivity contribution in [2.24, 2.45) is 0 Å². The molecule has 1 fully saturated rings. The Morgan fingerprint density at radius 1 is 1.23 bits per heavy atom. The van der Waals surface area contributed by atoms with E-state index in [0.717, 1.165) is 22.6 Å². The molecule has 1 amide bonds. The van der Waals surface area contributed by atoms with E-state index in [1.165, 1.54) is 6.07 Å². The molecule has 1 unspecified atom stereocenters. The maximum absolute atomic E-state index is 13.5. The second-order valence-corrected chi connectivity index (χ2v) is 8.48. The number of piperazine rings is 1. The number of anilines is 1. The van der Waals surface area contributed by atoms with Gasteiger partial charge in [0.25, 0.3) is 0 Å². The van der Waals surface area contributed by atoms with Crippen LogP contribution in [0.4, 0.5) is 18.9 Å². The van der Waals surface area contributed by atoms with Gasteiger partial charge < -0.3 is 15.1 Å². The second kappa shape index (κ2) is 8.18. The molecular weight excluding hydrogens is 407 g/mol. The molecule has 1 aromatic carbocycles. The maximum atomic E-state index is 13.5. The first-order valence-corrected chi connectivity index (χ1v) is 10.6. The molecule has 3 heterocycles. The molecule has 0 bridgehead atoms. The summed E-state index contributed by atoms with van der Waals surface area (Å²) < 4.78 is 42.1. The lowest BCUT2D eigenvalue weighted by atomic mass is 9.92. The predicted molar refractivity (Wildman–Crippen MR) is 112 cm³/mol. The fourth-order valence-electron chi connectivity index (χ4n) is 4.75. The maximum Gasteiger partial charge on any atom is 0.416 e. The Balaban J connectivity index is 1.51. The number of hydrogen-bond acceptors (Lipinski definition) is 4. The summed E-state index contributed by atoms with van der Waals surface area (Å²) in [6.45, 7) is 8.69. The van der Waals surface area contributed by atoms with Crippen molar-refractivity contribution in [3.8, 4) is 0 Å². The SMILES string of the molecule is Cc1cc(C)n(CC(=O)N2CCN(c3ccc(C(F)(F)F)c4c3CNCC4)CC2C)n1. The van der Waals surface area contributed by atoms with Gasteiger partial charge in [-0.2, -0.15) is 18.3 Å². The van der Waals surface area contributed by atoms with Crippen molar-refractivity contribution < 1.29 is 18.0 Å². The molecule has 0 radical (unpaired) electrons. The van der Waals surface area contributed by atoms with E-state index < -0.39 is 11.7 Å². The first-order chi connectivity index (χ1) is 14.6. The van der Waals surface area contributed by atoms with Gasteiger partial charge >= 0.3 is 6.18 Å². The zero-order valence-electron chi connectivity index (χ0n) is 18.1. The van der Waals surface area contributed by atoms with Gasteiger partial charge in [-0.25, -0.2) is 0 Å². The average Bonchev–Trinajstić information content (AvgIpc) is 3.02. The molecule has 2 aliphatic heterocycles. The lowest BCUT2D eigenvalue weighted by Gasteiger charge is -2.42. The van der Waals surface area contributed by atoms with E-state index in [-0.39, 0.29) is 18.5 Å². The normalized spacial score (nSPS) is 19.5. The number of rotatable bonds is 3. The van der Waals surface area contributed by atoms with E-state index in [2.05, 4.69) is 15.3 Å². The summed E-state index contributed by atoms with van der Waals surface area (Å²) in [4.78, 5) is 16.8. The highest BCUT2D eigenvalue weighted by Gasteiger charge is 2.37. The highest BCUT2D eigenvalue weighted by atomic mass is 19.4. The predicted octanol–water partition coefficient (Wildman–Crippen LogP) is 2.90. The Morgan fingerprint density at radius 3 is 2.65 bits per heavy atom. The zero-order chi connectivity index (χ0) is 22.3. The molecule has 1 N–H and O–H groups in total. The summed E-state index contributed by atoms with van der Waals surface area (Å²) in [6, 6.07) is 4.70. The van der Waals surface area contributed by atoms with Crippen LogP contribution in [-0.4, -0.2) is 52.8 Å². The molecule has 31 heavy (non-hydrogen) atoms.